The van der Waals surface area contributed by atoms with E-state index < -0.39 is 0 Å². The number of phenols is 4. The molecule has 6 aromatic rings. The molecule has 0 bridgehead atoms. The molecule has 0 radical (unpaired) electrons. The first-order chi connectivity index (χ1) is 29.8. The van der Waals surface area contributed by atoms with Gasteiger partial charge in [-0.25, -0.2) is 0 Å². The van der Waals surface area contributed by atoms with Gasteiger partial charge in [0.25, 0.3) is 0 Å². The van der Waals surface area contributed by atoms with Crippen LogP contribution in [0.4, 0.5) is 0 Å². The third-order valence-corrected chi connectivity index (χ3v) is 10.1. The van der Waals surface area contributed by atoms with Crippen molar-refractivity contribution in [1.29, 1.82) is 0 Å². The Bertz CT molecular complexity index is 2200. The van der Waals surface area contributed by atoms with Gasteiger partial charge in [-0.1, -0.05) is 60.7 Å². The van der Waals surface area contributed by atoms with Gasteiger partial charge in [0.05, 0.1) is 66.1 Å². The Labute approximate surface area is 359 Å². The molecule has 14 nitrogen and oxygen atoms in total. The van der Waals surface area contributed by atoms with Crippen molar-refractivity contribution in [3.63, 3.8) is 0 Å². The number of hydrogen-bond acceptors (Lipinski definition) is 14. The fourth-order valence-electron chi connectivity index (χ4n) is 6.58. The van der Waals surface area contributed by atoms with Crippen LogP contribution in [0.1, 0.15) is 66.8 Å². The summed E-state index contributed by atoms with van der Waals surface area (Å²) in [6.45, 7) is 0.995. The maximum absolute atomic E-state index is 10.0. The van der Waals surface area contributed by atoms with E-state index in [1.165, 1.54) is 12.1 Å². The molecule has 0 fully saturated rings. The van der Waals surface area contributed by atoms with Crippen LogP contribution < -0.4 is 0 Å². The zero-order valence-corrected chi connectivity index (χ0v) is 34.6. The molecule has 0 aromatic heterocycles. The number of rotatable bonds is 12. The number of aliphatic hydroxyl groups excluding tert-OH is 10. The second-order valence-corrected chi connectivity index (χ2v) is 13.9. The highest BCUT2D eigenvalue weighted by Gasteiger charge is 2.18. The first kappa shape index (κ1) is 50.5. The molecule has 0 aliphatic rings. The van der Waals surface area contributed by atoms with E-state index in [1.807, 2.05) is 60.7 Å². The minimum absolute atomic E-state index is 0.0327. The summed E-state index contributed by atoms with van der Waals surface area (Å²) < 4.78 is 0. The van der Waals surface area contributed by atoms with Crippen LogP contribution in [0.5, 0.6) is 23.0 Å². The number of hydrogen-bond donors (Lipinski definition) is 14. The first-order valence-corrected chi connectivity index (χ1v) is 19.4. The van der Waals surface area contributed by atoms with E-state index in [9.17, 15) is 25.5 Å². The predicted octanol–water partition coefficient (Wildman–Crippen LogP) is 4.44. The maximum atomic E-state index is 10.0. The van der Waals surface area contributed by atoms with Crippen molar-refractivity contribution >= 4 is 0 Å². The molecule has 0 heterocycles. The molecular weight excluding hydrogens is 801 g/mol. The van der Waals surface area contributed by atoms with Gasteiger partial charge in [-0.3, -0.25) is 0 Å². The van der Waals surface area contributed by atoms with Crippen LogP contribution in [0, 0.1) is 13.8 Å². The maximum Gasteiger partial charge on any atom is 0.128 e. The molecule has 0 aliphatic carbocycles. The van der Waals surface area contributed by atoms with E-state index >= 15 is 0 Å². The fourth-order valence-corrected chi connectivity index (χ4v) is 6.58. The minimum Gasteiger partial charge on any atom is -0.507 e. The number of aliphatic hydroxyl groups is 10. The molecular formula is C48H56O14. The molecule has 6 aromatic carbocycles. The largest absolute Gasteiger partial charge is 0.507 e. The Morgan fingerprint density at radius 1 is 0.306 bits per heavy atom. The van der Waals surface area contributed by atoms with Gasteiger partial charge in [0.15, 0.2) is 0 Å². The van der Waals surface area contributed by atoms with Gasteiger partial charge in [0.2, 0.25) is 0 Å². The SMILES string of the molecule is Cc1c(CO)c(C)c(CO)c(O)c1CO.OCc1cc(-c2ccccc2)cc(CO)c1O.OCc1cc(CO)c(O)c(-c2ccccc2)c1.OCc1cc(CO)c(O)c(CO)c1. The Morgan fingerprint density at radius 2 is 0.645 bits per heavy atom. The quantitative estimate of drug-likeness (QED) is 0.0811. The van der Waals surface area contributed by atoms with E-state index in [4.69, 9.17) is 46.0 Å². The number of aromatic hydroxyl groups is 4. The van der Waals surface area contributed by atoms with Crippen LogP contribution in [-0.2, 0) is 66.1 Å². The predicted molar refractivity (Wildman–Crippen MR) is 232 cm³/mol. The van der Waals surface area contributed by atoms with Crippen molar-refractivity contribution in [2.75, 3.05) is 0 Å². The van der Waals surface area contributed by atoms with Crippen molar-refractivity contribution < 1.29 is 71.5 Å². The molecule has 0 amide bonds. The molecule has 0 spiro atoms. The lowest BCUT2D eigenvalue weighted by Crippen LogP contribution is -2.04. The third kappa shape index (κ3) is 12.6. The molecule has 0 saturated carbocycles. The minimum atomic E-state index is -0.313. The van der Waals surface area contributed by atoms with Gasteiger partial charge in [0.1, 0.15) is 23.0 Å². The molecule has 62 heavy (non-hydrogen) atoms. The lowest BCUT2D eigenvalue weighted by molar-refractivity contribution is 0.256. The van der Waals surface area contributed by atoms with E-state index in [-0.39, 0.29) is 89.1 Å². The van der Waals surface area contributed by atoms with Crippen LogP contribution in [-0.4, -0.2) is 71.5 Å². The van der Waals surface area contributed by atoms with Crippen LogP contribution in [0.2, 0.25) is 0 Å². The highest BCUT2D eigenvalue weighted by Crippen LogP contribution is 2.35. The van der Waals surface area contributed by atoms with Crippen molar-refractivity contribution in [3.05, 3.63) is 164 Å². The standard InChI is InChI=1S/2C14H14O3.C11H16O4.C9H12O4/c15-8-10-6-12(9-16)14(17)13(7-10)11-4-2-1-3-5-11;15-8-12-6-11(7-13(9-16)14(12)17)10-4-2-1-3-5-10;1-6-8(3-12)7(2)10(5-14)11(15)9(6)4-13;10-3-6-1-7(4-11)9(13)8(2-6)5-12/h2*1-7,15-17H,8-9H2;12-15H,3-5H2,1-2H3;1-2,10-13H,3-5H2. The summed E-state index contributed by atoms with van der Waals surface area (Å²) in [6.07, 6.45) is 0. The molecule has 332 valence electrons. The van der Waals surface area contributed by atoms with Gasteiger partial charge >= 0.3 is 0 Å². The van der Waals surface area contributed by atoms with Crippen LogP contribution in [0.25, 0.3) is 22.3 Å². The van der Waals surface area contributed by atoms with Crippen LogP contribution in [0.15, 0.2) is 97.1 Å². The Balaban J connectivity index is 0.000000222. The molecule has 0 atom stereocenters. The van der Waals surface area contributed by atoms with Gasteiger partial charge in [-0.2, -0.15) is 0 Å². The highest BCUT2D eigenvalue weighted by atomic mass is 16.3. The molecule has 0 aliphatic heterocycles. The molecule has 14 N–H and O–H groups in total. The topological polar surface area (TPSA) is 283 Å². The molecule has 0 saturated heterocycles. The monoisotopic (exact) mass is 856 g/mol. The average Bonchev–Trinajstić information content (AvgIpc) is 3.31. The van der Waals surface area contributed by atoms with Gasteiger partial charge in [-0.05, 0) is 94.8 Å². The van der Waals surface area contributed by atoms with E-state index in [0.29, 0.717) is 72.3 Å². The number of benzene rings is 6. The summed E-state index contributed by atoms with van der Waals surface area (Å²) in [6, 6.07) is 28.8. The molecule has 14 heteroatoms. The third-order valence-electron chi connectivity index (χ3n) is 10.1. The fraction of sp³-hybridized carbons (Fsp3) is 0.250. The van der Waals surface area contributed by atoms with Crippen molar-refractivity contribution in [1.82, 2.24) is 0 Å². The molecule has 0 unspecified atom stereocenters. The zero-order valence-electron chi connectivity index (χ0n) is 34.6. The summed E-state index contributed by atoms with van der Waals surface area (Å²) in [4.78, 5) is 0. The normalized spacial score (nSPS) is 10.5. The zero-order chi connectivity index (χ0) is 45.9. The van der Waals surface area contributed by atoms with E-state index in [2.05, 4.69) is 0 Å². The smallest absolute Gasteiger partial charge is 0.128 e. The van der Waals surface area contributed by atoms with Crippen molar-refractivity contribution in [2.24, 2.45) is 0 Å². The average molecular weight is 857 g/mol. The molecule has 6 rings (SSSR count). The second-order valence-electron chi connectivity index (χ2n) is 13.9. The van der Waals surface area contributed by atoms with Crippen molar-refractivity contribution in [3.8, 4) is 45.3 Å². The lowest BCUT2D eigenvalue weighted by Gasteiger charge is -2.17. The Morgan fingerprint density at radius 3 is 1.00 bits per heavy atom. The summed E-state index contributed by atoms with van der Waals surface area (Å²) in [7, 11) is 0. The van der Waals surface area contributed by atoms with E-state index in [1.54, 1.807) is 38.1 Å². The second kappa shape index (κ2) is 25.2. The van der Waals surface area contributed by atoms with Gasteiger partial charge < -0.3 is 71.5 Å². The lowest BCUT2D eigenvalue weighted by atomic mass is 9.92. The summed E-state index contributed by atoms with van der Waals surface area (Å²) in [5.41, 5.74) is 9.22. The summed E-state index contributed by atoms with van der Waals surface area (Å²) >= 11 is 0. The summed E-state index contributed by atoms with van der Waals surface area (Å²) in [5.74, 6) is -0.153. The van der Waals surface area contributed by atoms with Crippen LogP contribution >= 0.6 is 0 Å². The van der Waals surface area contributed by atoms with Crippen LogP contribution in [0.3, 0.4) is 0 Å². The van der Waals surface area contributed by atoms with Gasteiger partial charge in [0, 0.05) is 44.5 Å². The Hall–Kier alpha value is -5.88. The highest BCUT2D eigenvalue weighted by molar-refractivity contribution is 5.72. The Kier molecular flexibility index (Phi) is 20.5. The first-order valence-electron chi connectivity index (χ1n) is 19.4. The summed E-state index contributed by atoms with van der Waals surface area (Å²) in [5, 5.41) is 129. The van der Waals surface area contributed by atoms with Crippen molar-refractivity contribution in [2.45, 2.75) is 79.9 Å². The van der Waals surface area contributed by atoms with Gasteiger partial charge in [-0.15, -0.1) is 0 Å². The van der Waals surface area contributed by atoms with E-state index in [0.717, 1.165) is 16.7 Å².